The molecular formula is C9H8N4O6. The van der Waals surface area contributed by atoms with Gasteiger partial charge in [0.2, 0.25) is 0 Å². The Morgan fingerprint density at radius 1 is 1.53 bits per heavy atom. The zero-order chi connectivity index (χ0) is 14.0. The molecule has 0 saturated carbocycles. The molecule has 0 aromatic carbocycles. The number of nitrogens with zero attached hydrogens (tertiary/aromatic N) is 4. The molecule has 3 amide bonds. The predicted octanol–water partition coefficient (Wildman–Crippen LogP) is -0.264. The van der Waals surface area contributed by atoms with Gasteiger partial charge in [0.1, 0.15) is 18.2 Å². The van der Waals surface area contributed by atoms with Crippen molar-refractivity contribution < 1.29 is 24.0 Å². The van der Waals surface area contributed by atoms with Crippen molar-refractivity contribution >= 4 is 24.0 Å². The number of carbonyl (C=O) groups is 2. The fourth-order valence-electron chi connectivity index (χ4n) is 1.39. The first kappa shape index (κ1) is 12.7. The van der Waals surface area contributed by atoms with Crippen LogP contribution in [0.15, 0.2) is 21.7 Å². The molecule has 0 spiro atoms. The van der Waals surface area contributed by atoms with Crippen molar-refractivity contribution in [2.24, 2.45) is 5.10 Å². The molecule has 2 heterocycles. The van der Waals surface area contributed by atoms with Crippen molar-refractivity contribution in [1.82, 2.24) is 9.91 Å². The molecule has 100 valence electrons. The van der Waals surface area contributed by atoms with Gasteiger partial charge < -0.3 is 9.52 Å². The molecule has 0 atom stereocenters. The summed E-state index contributed by atoms with van der Waals surface area (Å²) in [6.07, 6.45) is 1.07. The van der Waals surface area contributed by atoms with Crippen LogP contribution in [0.1, 0.15) is 5.76 Å². The number of aliphatic hydroxyl groups excluding tert-OH is 1. The fraction of sp³-hybridized carbons (Fsp3) is 0.222. The van der Waals surface area contributed by atoms with E-state index in [0.717, 1.165) is 17.3 Å². The van der Waals surface area contributed by atoms with Crippen LogP contribution in [0.2, 0.25) is 0 Å². The minimum absolute atomic E-state index is 0.0643. The Morgan fingerprint density at radius 2 is 2.26 bits per heavy atom. The molecule has 10 nitrogen and oxygen atoms in total. The Balaban J connectivity index is 2.08. The normalized spacial score (nSPS) is 15.8. The lowest BCUT2D eigenvalue weighted by molar-refractivity contribution is -0.402. The third-order valence-corrected chi connectivity index (χ3v) is 2.30. The average Bonchev–Trinajstić information content (AvgIpc) is 2.92. The molecule has 10 heteroatoms. The number of rotatable bonds is 4. The summed E-state index contributed by atoms with van der Waals surface area (Å²) >= 11 is 0. The summed E-state index contributed by atoms with van der Waals surface area (Å²) in [6.45, 7) is -1.03. The van der Waals surface area contributed by atoms with Crippen molar-refractivity contribution in [2.75, 3.05) is 13.3 Å². The minimum Gasteiger partial charge on any atom is -0.400 e. The molecule has 0 aliphatic carbocycles. The first-order valence-electron chi connectivity index (χ1n) is 5.04. The smallest absolute Gasteiger partial charge is 0.400 e. The number of hydrogen-bond acceptors (Lipinski definition) is 7. The van der Waals surface area contributed by atoms with E-state index in [-0.39, 0.29) is 12.3 Å². The maximum Gasteiger partial charge on any atom is 0.433 e. The highest BCUT2D eigenvalue weighted by atomic mass is 16.6. The highest BCUT2D eigenvalue weighted by Crippen LogP contribution is 2.15. The highest BCUT2D eigenvalue weighted by molar-refractivity contribution is 6.02. The summed E-state index contributed by atoms with van der Waals surface area (Å²) in [7, 11) is 0. The van der Waals surface area contributed by atoms with Crippen LogP contribution in [0, 0.1) is 10.1 Å². The topological polar surface area (TPSA) is 129 Å². The first-order chi connectivity index (χ1) is 9.02. The van der Waals surface area contributed by atoms with E-state index in [4.69, 9.17) is 9.52 Å². The van der Waals surface area contributed by atoms with Gasteiger partial charge in [0.05, 0.1) is 12.3 Å². The Kier molecular flexibility index (Phi) is 3.25. The van der Waals surface area contributed by atoms with E-state index in [1.807, 2.05) is 0 Å². The van der Waals surface area contributed by atoms with Crippen molar-refractivity contribution in [3.63, 3.8) is 0 Å². The third kappa shape index (κ3) is 2.42. The molecule has 0 bridgehead atoms. The Bertz CT molecular complexity index is 565. The Labute approximate surface area is 105 Å². The van der Waals surface area contributed by atoms with Gasteiger partial charge in [0, 0.05) is 0 Å². The Morgan fingerprint density at radius 3 is 2.79 bits per heavy atom. The molecule has 1 aromatic rings. The molecule has 1 aliphatic rings. The van der Waals surface area contributed by atoms with Crippen LogP contribution in [0.25, 0.3) is 0 Å². The first-order valence-corrected chi connectivity index (χ1v) is 5.04. The van der Waals surface area contributed by atoms with Crippen LogP contribution in [-0.4, -0.2) is 51.4 Å². The summed E-state index contributed by atoms with van der Waals surface area (Å²) in [5.74, 6) is -0.980. The average molecular weight is 268 g/mol. The van der Waals surface area contributed by atoms with E-state index in [1.165, 1.54) is 6.07 Å². The lowest BCUT2D eigenvalue weighted by Crippen LogP contribution is -2.32. The largest absolute Gasteiger partial charge is 0.433 e. The number of hydrogen-bond donors (Lipinski definition) is 1. The van der Waals surface area contributed by atoms with Crippen LogP contribution < -0.4 is 0 Å². The second kappa shape index (κ2) is 4.86. The number of aliphatic hydroxyl groups is 1. The SMILES string of the molecule is O=C1CN(/N=C\c2ccc([N+](=O)[O-])o2)C(=O)N1CO. The number of nitro groups is 1. The summed E-state index contributed by atoms with van der Waals surface area (Å²) in [6, 6.07) is 1.66. The van der Waals surface area contributed by atoms with E-state index in [2.05, 4.69) is 5.10 Å². The number of imide groups is 1. The number of urea groups is 1. The zero-order valence-electron chi connectivity index (χ0n) is 9.42. The van der Waals surface area contributed by atoms with Crippen LogP contribution in [0.5, 0.6) is 0 Å². The monoisotopic (exact) mass is 268 g/mol. The number of furan rings is 1. The van der Waals surface area contributed by atoms with Gasteiger partial charge in [-0.15, -0.1) is 0 Å². The molecule has 0 radical (unpaired) electrons. The van der Waals surface area contributed by atoms with Crippen LogP contribution in [-0.2, 0) is 4.79 Å². The maximum atomic E-state index is 11.5. The van der Waals surface area contributed by atoms with E-state index in [9.17, 15) is 19.7 Å². The second-order valence-electron chi connectivity index (χ2n) is 3.48. The number of amides is 3. The second-order valence-corrected chi connectivity index (χ2v) is 3.48. The standard InChI is InChI=1S/C9H8N4O6/c14-5-11-7(15)4-12(9(11)16)10-3-6-1-2-8(19-6)13(17)18/h1-3,14H,4-5H2/b10-3-. The van der Waals surface area contributed by atoms with Gasteiger partial charge in [0.25, 0.3) is 5.91 Å². The van der Waals surface area contributed by atoms with Gasteiger partial charge in [-0.3, -0.25) is 14.9 Å². The maximum absolute atomic E-state index is 11.5. The molecular weight excluding hydrogens is 260 g/mol. The van der Waals surface area contributed by atoms with Crippen molar-refractivity contribution in [3.05, 3.63) is 28.0 Å². The van der Waals surface area contributed by atoms with Crippen LogP contribution in [0.3, 0.4) is 0 Å². The molecule has 19 heavy (non-hydrogen) atoms. The van der Waals surface area contributed by atoms with Gasteiger partial charge in [-0.25, -0.2) is 14.7 Å². The van der Waals surface area contributed by atoms with Crippen molar-refractivity contribution in [2.45, 2.75) is 0 Å². The highest BCUT2D eigenvalue weighted by Gasteiger charge is 2.35. The third-order valence-electron chi connectivity index (χ3n) is 2.30. The number of hydrazone groups is 1. The lowest BCUT2D eigenvalue weighted by Gasteiger charge is -2.09. The summed E-state index contributed by atoms with van der Waals surface area (Å²) < 4.78 is 4.79. The molecule has 1 aromatic heterocycles. The van der Waals surface area contributed by atoms with E-state index < -0.39 is 29.5 Å². The molecule has 1 fully saturated rings. The lowest BCUT2D eigenvalue weighted by atomic mass is 10.5. The van der Waals surface area contributed by atoms with E-state index in [0.29, 0.717) is 4.90 Å². The van der Waals surface area contributed by atoms with Crippen molar-refractivity contribution in [3.8, 4) is 0 Å². The molecule has 1 saturated heterocycles. The van der Waals surface area contributed by atoms with E-state index in [1.54, 1.807) is 0 Å². The minimum atomic E-state index is -0.773. The molecule has 1 N–H and O–H groups in total. The van der Waals surface area contributed by atoms with Gasteiger partial charge in [-0.05, 0) is 6.07 Å². The van der Waals surface area contributed by atoms with Gasteiger partial charge in [0.15, 0.2) is 5.76 Å². The number of carbonyl (C=O) groups excluding carboxylic acids is 2. The Hall–Kier alpha value is -2.75. The molecule has 2 rings (SSSR count). The summed E-state index contributed by atoms with van der Waals surface area (Å²) in [5.41, 5.74) is 0. The van der Waals surface area contributed by atoms with Crippen molar-refractivity contribution in [1.29, 1.82) is 0 Å². The quantitative estimate of drug-likeness (QED) is 0.346. The van der Waals surface area contributed by atoms with Gasteiger partial charge in [-0.2, -0.15) is 5.10 Å². The summed E-state index contributed by atoms with van der Waals surface area (Å²) in [5, 5.41) is 23.6. The van der Waals surface area contributed by atoms with Crippen LogP contribution in [0.4, 0.5) is 10.7 Å². The van der Waals surface area contributed by atoms with Crippen LogP contribution >= 0.6 is 0 Å². The van der Waals surface area contributed by atoms with Gasteiger partial charge >= 0.3 is 11.9 Å². The zero-order valence-corrected chi connectivity index (χ0v) is 9.42. The summed E-state index contributed by atoms with van der Waals surface area (Å²) in [4.78, 5) is 33.0. The van der Waals surface area contributed by atoms with E-state index >= 15 is 0 Å². The molecule has 1 aliphatic heterocycles. The van der Waals surface area contributed by atoms with Gasteiger partial charge in [-0.1, -0.05) is 0 Å². The predicted molar refractivity (Wildman–Crippen MR) is 59.0 cm³/mol. The molecule has 0 unspecified atom stereocenters. The fourth-order valence-corrected chi connectivity index (χ4v) is 1.39.